The van der Waals surface area contributed by atoms with Gasteiger partial charge in [0.25, 0.3) is 0 Å². The second kappa shape index (κ2) is 2.91. The lowest BCUT2D eigenvalue weighted by molar-refractivity contribution is -0.156. The highest BCUT2D eigenvalue weighted by atomic mass is 19.4. The van der Waals surface area contributed by atoms with Crippen LogP contribution >= 0.6 is 0 Å². The third kappa shape index (κ3) is 5.75. The quantitative estimate of drug-likeness (QED) is 0.554. The number of alkyl halides is 3. The molecule has 0 fully saturated rings. The number of halogens is 3. The molecule has 8 heavy (non-hydrogen) atoms. The minimum absolute atomic E-state index is 0.00347. The number of hydrogen-bond donors (Lipinski definition) is 1. The van der Waals surface area contributed by atoms with E-state index in [2.05, 4.69) is 0 Å². The Kier molecular flexibility index (Phi) is 2.82. The van der Waals surface area contributed by atoms with Crippen LogP contribution in [0.15, 0.2) is 0 Å². The van der Waals surface area contributed by atoms with Crippen LogP contribution in [-0.2, 0) is 0 Å². The summed E-state index contributed by atoms with van der Waals surface area (Å²) in [6.07, 6.45) is -3.70. The van der Waals surface area contributed by atoms with E-state index in [9.17, 15) is 13.2 Å². The van der Waals surface area contributed by atoms with Gasteiger partial charge >= 0.3 is 6.30 Å². The minimum atomic E-state index is -4.20. The van der Waals surface area contributed by atoms with Crippen LogP contribution in [0.3, 0.4) is 0 Å². The molecule has 0 aliphatic heterocycles. The molecule has 0 amide bonds. The molecule has 0 spiro atoms. The van der Waals surface area contributed by atoms with Gasteiger partial charge in [-0.05, 0) is 6.42 Å². The van der Waals surface area contributed by atoms with Crippen molar-refractivity contribution in [2.45, 2.75) is 19.6 Å². The van der Waals surface area contributed by atoms with Gasteiger partial charge in [0, 0.05) is 6.54 Å². The van der Waals surface area contributed by atoms with E-state index in [1.165, 1.54) is 5.32 Å². The van der Waals surface area contributed by atoms with Gasteiger partial charge in [0.2, 0.25) is 0 Å². The molecule has 0 heterocycles. The zero-order valence-electron chi connectivity index (χ0n) is 4.55. The summed E-state index contributed by atoms with van der Waals surface area (Å²) in [4.78, 5) is 0. The molecule has 0 aromatic carbocycles. The largest absolute Gasteiger partial charge is 0.457 e. The van der Waals surface area contributed by atoms with Gasteiger partial charge in [0.05, 0.1) is 0 Å². The number of hydrogen-bond acceptors (Lipinski definition) is 1. The van der Waals surface area contributed by atoms with E-state index < -0.39 is 6.30 Å². The molecular formula is C4H8F3N. The van der Waals surface area contributed by atoms with E-state index in [1.807, 2.05) is 0 Å². The van der Waals surface area contributed by atoms with Crippen molar-refractivity contribution in [3.8, 4) is 0 Å². The normalized spacial score (nSPS) is 12.0. The van der Waals surface area contributed by atoms with Gasteiger partial charge in [-0.1, -0.05) is 6.92 Å². The van der Waals surface area contributed by atoms with E-state index in [-0.39, 0.29) is 6.54 Å². The molecule has 4 heteroatoms. The Labute approximate surface area is 45.9 Å². The Hall–Kier alpha value is -0.250. The monoisotopic (exact) mass is 127 g/mol. The third-order valence-electron chi connectivity index (χ3n) is 0.575. The zero-order valence-corrected chi connectivity index (χ0v) is 4.55. The molecule has 0 bridgehead atoms. The Morgan fingerprint density at radius 3 is 2.00 bits per heavy atom. The first-order valence-electron chi connectivity index (χ1n) is 2.38. The lowest BCUT2D eigenvalue weighted by Crippen LogP contribution is -2.31. The van der Waals surface area contributed by atoms with Gasteiger partial charge in [-0.15, -0.1) is 0 Å². The number of rotatable bonds is 2. The van der Waals surface area contributed by atoms with Crippen LogP contribution in [0.25, 0.3) is 0 Å². The maximum Gasteiger partial charge on any atom is 0.457 e. The molecule has 50 valence electrons. The highest BCUT2D eigenvalue weighted by molar-refractivity contribution is 4.44. The lowest BCUT2D eigenvalue weighted by atomic mass is 10.5. The molecule has 0 aliphatic rings. The van der Waals surface area contributed by atoms with Crippen molar-refractivity contribution >= 4 is 0 Å². The molecule has 0 rings (SSSR count). The first-order valence-corrected chi connectivity index (χ1v) is 2.38. The summed E-state index contributed by atoms with van der Waals surface area (Å²) in [5, 5.41) is 1.37. The minimum Gasteiger partial charge on any atom is -0.228 e. The van der Waals surface area contributed by atoms with Crippen LogP contribution < -0.4 is 5.32 Å². The maximum absolute atomic E-state index is 11.1. The van der Waals surface area contributed by atoms with E-state index in [0.717, 1.165) is 0 Å². The van der Waals surface area contributed by atoms with Gasteiger partial charge in [0.15, 0.2) is 0 Å². The third-order valence-corrected chi connectivity index (χ3v) is 0.575. The van der Waals surface area contributed by atoms with Gasteiger partial charge in [-0.25, -0.2) is 5.32 Å². The Morgan fingerprint density at radius 2 is 1.88 bits per heavy atom. The maximum atomic E-state index is 11.1. The van der Waals surface area contributed by atoms with Crippen molar-refractivity contribution in [3.63, 3.8) is 0 Å². The van der Waals surface area contributed by atoms with Crippen LogP contribution in [0, 0.1) is 0 Å². The SMILES string of the molecule is CCCNC(F)(F)F. The van der Waals surface area contributed by atoms with Crippen LogP contribution in [0.2, 0.25) is 0 Å². The summed E-state index contributed by atoms with van der Waals surface area (Å²) in [6, 6.07) is 0. The predicted octanol–water partition coefficient (Wildman–Crippen LogP) is 1.51. The molecule has 0 radical (unpaired) electrons. The smallest absolute Gasteiger partial charge is 0.228 e. The summed E-state index contributed by atoms with van der Waals surface area (Å²) in [5.41, 5.74) is 0. The standard InChI is InChI=1S/C4H8F3N/c1-2-3-8-4(5,6)7/h8H,2-3H2,1H3. The molecule has 0 unspecified atom stereocenters. The first-order chi connectivity index (χ1) is 3.56. The van der Waals surface area contributed by atoms with Crippen LogP contribution in [0.4, 0.5) is 13.2 Å². The van der Waals surface area contributed by atoms with E-state index in [4.69, 9.17) is 0 Å². The molecule has 0 atom stereocenters. The van der Waals surface area contributed by atoms with Crippen LogP contribution in [0.5, 0.6) is 0 Å². The molecule has 1 N–H and O–H groups in total. The van der Waals surface area contributed by atoms with Gasteiger partial charge in [0.1, 0.15) is 0 Å². The first kappa shape index (κ1) is 7.75. The molecule has 0 saturated carbocycles. The molecular weight excluding hydrogens is 119 g/mol. The van der Waals surface area contributed by atoms with Crippen LogP contribution in [-0.4, -0.2) is 12.8 Å². The van der Waals surface area contributed by atoms with Crippen molar-refractivity contribution in [3.05, 3.63) is 0 Å². The molecule has 1 nitrogen and oxygen atoms in total. The summed E-state index contributed by atoms with van der Waals surface area (Å²) >= 11 is 0. The average molecular weight is 127 g/mol. The molecule has 0 aliphatic carbocycles. The zero-order chi connectivity index (χ0) is 6.62. The highest BCUT2D eigenvalue weighted by Crippen LogP contribution is 2.08. The summed E-state index contributed by atoms with van der Waals surface area (Å²) in [5.74, 6) is 0. The Balaban J connectivity index is 3.11. The van der Waals surface area contributed by atoms with Crippen LogP contribution in [0.1, 0.15) is 13.3 Å². The number of nitrogens with one attached hydrogen (secondary N) is 1. The average Bonchev–Trinajstić information content (AvgIpc) is 1.59. The fraction of sp³-hybridized carbons (Fsp3) is 1.00. The Morgan fingerprint density at radius 1 is 1.38 bits per heavy atom. The van der Waals surface area contributed by atoms with Gasteiger partial charge in [-0.3, -0.25) is 0 Å². The predicted molar refractivity (Wildman–Crippen MR) is 24.3 cm³/mol. The highest BCUT2D eigenvalue weighted by Gasteiger charge is 2.24. The van der Waals surface area contributed by atoms with Crippen molar-refractivity contribution in [1.82, 2.24) is 5.32 Å². The lowest BCUT2D eigenvalue weighted by Gasteiger charge is -2.04. The van der Waals surface area contributed by atoms with E-state index in [1.54, 1.807) is 6.92 Å². The van der Waals surface area contributed by atoms with Crippen molar-refractivity contribution < 1.29 is 13.2 Å². The molecule has 0 aromatic rings. The molecule has 0 saturated heterocycles. The van der Waals surface area contributed by atoms with Gasteiger partial charge in [-0.2, -0.15) is 13.2 Å². The summed E-state index contributed by atoms with van der Waals surface area (Å²) in [7, 11) is 0. The van der Waals surface area contributed by atoms with E-state index >= 15 is 0 Å². The van der Waals surface area contributed by atoms with Crippen molar-refractivity contribution in [2.24, 2.45) is 0 Å². The topological polar surface area (TPSA) is 12.0 Å². The van der Waals surface area contributed by atoms with Gasteiger partial charge < -0.3 is 0 Å². The summed E-state index contributed by atoms with van der Waals surface area (Å²) < 4.78 is 33.4. The van der Waals surface area contributed by atoms with Crippen molar-refractivity contribution in [2.75, 3.05) is 6.54 Å². The second-order valence-corrected chi connectivity index (χ2v) is 1.42. The summed E-state index contributed by atoms with van der Waals surface area (Å²) in [6.45, 7) is 1.68. The fourth-order valence-electron chi connectivity index (χ4n) is 0.267. The fourth-order valence-corrected chi connectivity index (χ4v) is 0.267. The van der Waals surface area contributed by atoms with Crippen molar-refractivity contribution in [1.29, 1.82) is 0 Å². The van der Waals surface area contributed by atoms with E-state index in [0.29, 0.717) is 6.42 Å². The second-order valence-electron chi connectivity index (χ2n) is 1.42. The molecule has 0 aromatic heterocycles. The Bertz CT molecular complexity index is 58.8.